The summed E-state index contributed by atoms with van der Waals surface area (Å²) in [5, 5.41) is -0.300. The minimum Gasteiger partial charge on any atom is -0.381 e. The monoisotopic (exact) mass is 332 g/mol. The first-order valence-electron chi connectivity index (χ1n) is 8.22. The highest BCUT2D eigenvalue weighted by atomic mass is 32.2. The highest BCUT2D eigenvalue weighted by Crippen LogP contribution is 2.28. The number of sulfonamides is 1. The van der Waals surface area contributed by atoms with Crippen LogP contribution in [-0.2, 0) is 19.6 Å². The number of ether oxygens (including phenoxy) is 1. The van der Waals surface area contributed by atoms with Crippen molar-refractivity contribution in [3.05, 3.63) is 0 Å². The van der Waals surface area contributed by atoms with Crippen LogP contribution in [-0.4, -0.2) is 56.8 Å². The first kappa shape index (κ1) is 17.7. The summed E-state index contributed by atoms with van der Waals surface area (Å²) < 4.78 is 32.3. The Bertz CT molecular complexity index is 488. The molecule has 128 valence electrons. The molecule has 1 aliphatic carbocycles. The molecular weight excluding hydrogens is 304 g/mol. The highest BCUT2D eigenvalue weighted by Gasteiger charge is 2.40. The van der Waals surface area contributed by atoms with Crippen LogP contribution in [0.5, 0.6) is 0 Å². The Morgan fingerprint density at radius 2 is 2.00 bits per heavy atom. The van der Waals surface area contributed by atoms with E-state index < -0.39 is 16.1 Å². The lowest BCUT2D eigenvalue weighted by Crippen LogP contribution is -2.51. The first-order chi connectivity index (χ1) is 10.3. The van der Waals surface area contributed by atoms with Crippen LogP contribution in [0.1, 0.15) is 40.0 Å². The van der Waals surface area contributed by atoms with E-state index >= 15 is 0 Å². The number of hydrogen-bond acceptors (Lipinski definition) is 4. The predicted octanol–water partition coefficient (Wildman–Crippen LogP) is 0.978. The Hall–Kier alpha value is -0.660. The zero-order valence-corrected chi connectivity index (χ0v) is 14.6. The SMILES string of the molecule is CCOC[C@@H]1CCN(C(=O)[C@H](NS(=O)(=O)C2CC2)C(C)C)C1. The molecule has 0 aromatic carbocycles. The first-order valence-corrected chi connectivity index (χ1v) is 9.77. The van der Waals surface area contributed by atoms with Crippen LogP contribution in [0.3, 0.4) is 0 Å². The van der Waals surface area contributed by atoms with E-state index in [2.05, 4.69) is 4.72 Å². The number of nitrogens with zero attached hydrogens (tertiary/aromatic N) is 1. The minimum atomic E-state index is -3.36. The Morgan fingerprint density at radius 3 is 2.55 bits per heavy atom. The zero-order chi connectivity index (χ0) is 16.3. The fraction of sp³-hybridized carbons (Fsp3) is 0.933. The molecule has 0 radical (unpaired) electrons. The zero-order valence-electron chi connectivity index (χ0n) is 13.7. The second-order valence-electron chi connectivity index (χ2n) is 6.68. The predicted molar refractivity (Wildman–Crippen MR) is 84.9 cm³/mol. The molecule has 2 fully saturated rings. The molecule has 0 aromatic heterocycles. The number of carbonyl (C=O) groups is 1. The fourth-order valence-electron chi connectivity index (χ4n) is 2.77. The van der Waals surface area contributed by atoms with Crippen molar-refractivity contribution in [2.75, 3.05) is 26.3 Å². The van der Waals surface area contributed by atoms with Crippen molar-refractivity contribution in [2.24, 2.45) is 11.8 Å². The number of likely N-dealkylation sites (tertiary alicyclic amines) is 1. The van der Waals surface area contributed by atoms with Gasteiger partial charge < -0.3 is 9.64 Å². The Kier molecular flexibility index (Phi) is 5.85. The van der Waals surface area contributed by atoms with Crippen LogP contribution in [0.2, 0.25) is 0 Å². The van der Waals surface area contributed by atoms with Gasteiger partial charge in [-0.05, 0) is 32.1 Å². The number of carbonyl (C=O) groups excluding carboxylic acids is 1. The summed E-state index contributed by atoms with van der Waals surface area (Å²) >= 11 is 0. The van der Waals surface area contributed by atoms with Crippen LogP contribution in [0, 0.1) is 11.8 Å². The van der Waals surface area contributed by atoms with Gasteiger partial charge in [-0.15, -0.1) is 0 Å². The van der Waals surface area contributed by atoms with Gasteiger partial charge in [0, 0.05) is 25.6 Å². The fourth-order valence-corrected chi connectivity index (χ4v) is 4.45. The van der Waals surface area contributed by atoms with Gasteiger partial charge >= 0.3 is 0 Å². The number of hydrogen-bond donors (Lipinski definition) is 1. The van der Waals surface area contributed by atoms with E-state index in [1.807, 2.05) is 20.8 Å². The second kappa shape index (κ2) is 7.27. The molecule has 0 aromatic rings. The molecule has 1 N–H and O–H groups in total. The molecule has 7 heteroatoms. The van der Waals surface area contributed by atoms with Crippen molar-refractivity contribution in [3.63, 3.8) is 0 Å². The smallest absolute Gasteiger partial charge is 0.241 e. The van der Waals surface area contributed by atoms with Crippen LogP contribution in [0.15, 0.2) is 0 Å². The molecule has 0 bridgehead atoms. The van der Waals surface area contributed by atoms with E-state index in [0.29, 0.717) is 45.1 Å². The lowest BCUT2D eigenvalue weighted by atomic mass is 10.0. The van der Waals surface area contributed by atoms with Gasteiger partial charge in [-0.25, -0.2) is 13.1 Å². The molecule has 1 amide bonds. The molecule has 6 nitrogen and oxygen atoms in total. The molecule has 2 atom stereocenters. The summed E-state index contributed by atoms with van der Waals surface area (Å²) in [6, 6.07) is -0.656. The number of amides is 1. The van der Waals surface area contributed by atoms with E-state index in [1.54, 1.807) is 4.90 Å². The van der Waals surface area contributed by atoms with Gasteiger partial charge in [-0.3, -0.25) is 4.79 Å². The van der Waals surface area contributed by atoms with Gasteiger partial charge in [0.2, 0.25) is 15.9 Å². The van der Waals surface area contributed by atoms with Crippen molar-refractivity contribution in [1.29, 1.82) is 0 Å². The lowest BCUT2D eigenvalue weighted by Gasteiger charge is -2.27. The van der Waals surface area contributed by atoms with Gasteiger partial charge in [-0.2, -0.15) is 0 Å². The van der Waals surface area contributed by atoms with Crippen LogP contribution in [0.4, 0.5) is 0 Å². The Morgan fingerprint density at radius 1 is 1.32 bits per heavy atom. The second-order valence-corrected chi connectivity index (χ2v) is 8.67. The average molecular weight is 332 g/mol. The normalized spacial score (nSPS) is 24.0. The lowest BCUT2D eigenvalue weighted by molar-refractivity contribution is -0.133. The summed E-state index contributed by atoms with van der Waals surface area (Å²) in [6.45, 7) is 8.41. The topological polar surface area (TPSA) is 75.7 Å². The van der Waals surface area contributed by atoms with Gasteiger partial charge in [-0.1, -0.05) is 13.8 Å². The van der Waals surface area contributed by atoms with Crippen LogP contribution >= 0.6 is 0 Å². The maximum Gasteiger partial charge on any atom is 0.241 e. The third-order valence-electron chi connectivity index (χ3n) is 4.34. The summed E-state index contributed by atoms with van der Waals surface area (Å²) in [5.41, 5.74) is 0. The standard InChI is InChI=1S/C15H28N2O4S/c1-4-21-10-12-7-8-17(9-12)15(18)14(11(2)3)16-22(19,20)13-5-6-13/h11-14,16H,4-10H2,1-3H3/t12-,14-/m1/s1. The van der Waals surface area contributed by atoms with E-state index in [-0.39, 0.29) is 17.1 Å². The highest BCUT2D eigenvalue weighted by molar-refractivity contribution is 7.90. The van der Waals surface area contributed by atoms with Crippen LogP contribution < -0.4 is 4.72 Å². The molecule has 2 aliphatic rings. The summed E-state index contributed by atoms with van der Waals surface area (Å²) in [7, 11) is -3.36. The molecule has 0 unspecified atom stereocenters. The van der Waals surface area contributed by atoms with Gasteiger partial charge in [0.25, 0.3) is 0 Å². The quantitative estimate of drug-likeness (QED) is 0.719. The van der Waals surface area contributed by atoms with Gasteiger partial charge in [0.1, 0.15) is 6.04 Å². The van der Waals surface area contributed by atoms with Gasteiger partial charge in [0.15, 0.2) is 0 Å². The third-order valence-corrected chi connectivity index (χ3v) is 6.27. The van der Waals surface area contributed by atoms with E-state index in [0.717, 1.165) is 6.42 Å². The maximum atomic E-state index is 12.7. The number of nitrogens with one attached hydrogen (secondary N) is 1. The van der Waals surface area contributed by atoms with Crippen molar-refractivity contribution in [2.45, 2.75) is 51.3 Å². The van der Waals surface area contributed by atoms with E-state index in [9.17, 15) is 13.2 Å². The molecule has 1 saturated heterocycles. The van der Waals surface area contributed by atoms with Gasteiger partial charge in [0.05, 0.1) is 11.9 Å². The Balaban J connectivity index is 1.95. The molecular formula is C15H28N2O4S. The summed E-state index contributed by atoms with van der Waals surface area (Å²) in [4.78, 5) is 14.5. The van der Waals surface area contributed by atoms with E-state index in [1.165, 1.54) is 0 Å². The Labute approximate surface area is 133 Å². The van der Waals surface area contributed by atoms with Crippen molar-refractivity contribution < 1.29 is 17.9 Å². The largest absolute Gasteiger partial charge is 0.381 e. The molecule has 1 saturated carbocycles. The molecule has 2 rings (SSSR count). The average Bonchev–Trinajstić information content (AvgIpc) is 3.22. The summed E-state index contributed by atoms with van der Waals surface area (Å²) in [6.07, 6.45) is 2.33. The molecule has 1 aliphatic heterocycles. The maximum absolute atomic E-state index is 12.7. The molecule has 22 heavy (non-hydrogen) atoms. The minimum absolute atomic E-state index is 0.0630. The third kappa shape index (κ3) is 4.43. The number of rotatable bonds is 8. The van der Waals surface area contributed by atoms with Crippen LogP contribution in [0.25, 0.3) is 0 Å². The molecule has 0 spiro atoms. The van der Waals surface area contributed by atoms with Crippen molar-refractivity contribution in [1.82, 2.24) is 9.62 Å². The van der Waals surface area contributed by atoms with Crippen molar-refractivity contribution in [3.8, 4) is 0 Å². The molecule has 1 heterocycles. The van der Waals surface area contributed by atoms with E-state index in [4.69, 9.17) is 4.74 Å². The van der Waals surface area contributed by atoms with Crippen molar-refractivity contribution >= 4 is 15.9 Å². The summed E-state index contributed by atoms with van der Waals surface area (Å²) in [5.74, 6) is 0.196.